The van der Waals surface area contributed by atoms with Gasteiger partial charge in [0.1, 0.15) is 0 Å². The van der Waals surface area contributed by atoms with Gasteiger partial charge in [-0.05, 0) is 146 Å². The largest absolute Gasteiger partial charge is 0.310 e. The number of aryl methyl sites for hydroxylation is 2. The first-order valence-electron chi connectivity index (χ1n) is 22.1. The summed E-state index contributed by atoms with van der Waals surface area (Å²) in [5.74, 6) is 0. The maximum atomic E-state index is 2.74. The van der Waals surface area contributed by atoms with Crippen molar-refractivity contribution in [3.8, 4) is 11.1 Å². The molecule has 302 valence electrons. The van der Waals surface area contributed by atoms with E-state index >= 15 is 0 Å². The highest BCUT2D eigenvalue weighted by Gasteiger charge is 2.49. The summed E-state index contributed by atoms with van der Waals surface area (Å²) < 4.78 is 1.35. The summed E-state index contributed by atoms with van der Waals surface area (Å²) >= 11 is 1.96. The van der Waals surface area contributed by atoms with Crippen molar-refractivity contribution in [1.29, 1.82) is 0 Å². The lowest BCUT2D eigenvalue weighted by Gasteiger charge is -2.49. The third-order valence-corrected chi connectivity index (χ3v) is 15.3. The zero-order valence-electron chi connectivity index (χ0n) is 37.8. The Labute approximate surface area is 363 Å². The topological polar surface area (TPSA) is 6.48 Å². The number of anilines is 6. The second kappa shape index (κ2) is 13.2. The summed E-state index contributed by atoms with van der Waals surface area (Å²) in [7, 11) is 0. The number of nitrogens with zero attached hydrogens (tertiary/aromatic N) is 2. The van der Waals surface area contributed by atoms with Gasteiger partial charge in [0.25, 0.3) is 6.71 Å². The van der Waals surface area contributed by atoms with E-state index in [4.69, 9.17) is 0 Å². The Balaban J connectivity index is 1.37. The van der Waals surface area contributed by atoms with E-state index in [9.17, 15) is 0 Å². The number of fused-ring (bicyclic) bond motifs is 8. The van der Waals surface area contributed by atoms with Gasteiger partial charge >= 0.3 is 0 Å². The highest BCUT2D eigenvalue weighted by molar-refractivity contribution is 7.26. The van der Waals surface area contributed by atoms with E-state index in [2.05, 4.69) is 208 Å². The molecule has 0 N–H and O–H groups in total. The minimum absolute atomic E-state index is 0.00177. The first kappa shape index (κ1) is 39.1. The maximum absolute atomic E-state index is 2.74. The Morgan fingerprint density at radius 3 is 1.92 bits per heavy atom. The molecule has 2 nitrogen and oxygen atoms in total. The standard InChI is InChI=1S/C56H59BN2S/c1-34-18-27-47-41(30-34)49-52(60-47)58(39-22-19-37(20-23-39)53(3,4)5)45-31-35(2)32-46-50(45)57(49)43-25-24-42-48(56(11,12)29-28-55(42,9)10)51(43)59(46)44-26-21-38(54(6,7)8)33-40(44)36-16-14-13-15-17-36/h13-27,30-33H,28-29H2,1-12H3. The van der Waals surface area contributed by atoms with E-state index in [0.717, 1.165) is 6.42 Å². The van der Waals surface area contributed by atoms with Crippen molar-refractivity contribution in [2.75, 3.05) is 9.80 Å². The van der Waals surface area contributed by atoms with Crippen molar-refractivity contribution in [1.82, 2.24) is 0 Å². The number of benzene rings is 6. The minimum Gasteiger partial charge on any atom is -0.310 e. The molecule has 0 bridgehead atoms. The summed E-state index contributed by atoms with van der Waals surface area (Å²) in [6.07, 6.45) is 2.32. The molecule has 0 atom stereocenters. The van der Waals surface area contributed by atoms with Crippen LogP contribution in [-0.4, -0.2) is 6.71 Å². The molecule has 3 heterocycles. The van der Waals surface area contributed by atoms with Crippen LogP contribution in [0.1, 0.15) is 115 Å². The second-order valence-electron chi connectivity index (χ2n) is 21.5. The highest BCUT2D eigenvalue weighted by atomic mass is 32.1. The average molecular weight is 803 g/mol. The maximum Gasteiger partial charge on any atom is 0.254 e. The van der Waals surface area contributed by atoms with E-state index in [1.54, 1.807) is 0 Å². The fourth-order valence-electron chi connectivity index (χ4n) is 10.7. The predicted molar refractivity (Wildman–Crippen MR) is 263 cm³/mol. The quantitative estimate of drug-likeness (QED) is 0.164. The van der Waals surface area contributed by atoms with Crippen LogP contribution < -0.4 is 26.2 Å². The zero-order valence-corrected chi connectivity index (χ0v) is 38.6. The predicted octanol–water partition coefficient (Wildman–Crippen LogP) is 14.2. The summed E-state index contributed by atoms with van der Waals surface area (Å²) in [5, 5.41) is 2.72. The van der Waals surface area contributed by atoms with Crippen molar-refractivity contribution in [3.05, 3.63) is 149 Å². The van der Waals surface area contributed by atoms with E-state index < -0.39 is 0 Å². The zero-order chi connectivity index (χ0) is 42.3. The van der Waals surface area contributed by atoms with Crippen LogP contribution >= 0.6 is 11.3 Å². The molecule has 6 aromatic carbocycles. The Morgan fingerprint density at radius 1 is 0.583 bits per heavy atom. The molecule has 0 radical (unpaired) electrons. The molecular weight excluding hydrogens is 744 g/mol. The SMILES string of the molecule is Cc1cc2c3c(c1)N(c1ccc(C(C)(C)C)cc1-c1ccccc1)c1c(ccc4c1C(C)(C)CCC4(C)C)B3c1c(sc3ccc(C)cc13)N2c1ccc(C(C)(C)C)cc1. The monoisotopic (exact) mass is 802 g/mol. The number of hydrogen-bond acceptors (Lipinski definition) is 3. The lowest BCUT2D eigenvalue weighted by molar-refractivity contribution is 0.333. The van der Waals surface area contributed by atoms with Gasteiger partial charge in [0.05, 0.1) is 10.7 Å². The molecule has 1 aliphatic carbocycles. The van der Waals surface area contributed by atoms with Gasteiger partial charge in [-0.1, -0.05) is 148 Å². The molecule has 1 aromatic heterocycles. The molecule has 0 amide bonds. The van der Waals surface area contributed by atoms with Crippen LogP contribution in [0, 0.1) is 13.8 Å². The number of rotatable bonds is 3. The van der Waals surface area contributed by atoms with Crippen molar-refractivity contribution in [2.45, 2.75) is 118 Å². The summed E-state index contributed by atoms with van der Waals surface area (Å²) in [4.78, 5) is 5.35. The van der Waals surface area contributed by atoms with Gasteiger partial charge in [-0.3, -0.25) is 0 Å². The Hall–Kier alpha value is -5.06. The van der Waals surface area contributed by atoms with Crippen LogP contribution in [0.3, 0.4) is 0 Å². The van der Waals surface area contributed by atoms with Gasteiger partial charge in [-0.2, -0.15) is 0 Å². The first-order chi connectivity index (χ1) is 28.3. The molecule has 0 spiro atoms. The van der Waals surface area contributed by atoms with Crippen LogP contribution in [0.2, 0.25) is 0 Å². The van der Waals surface area contributed by atoms with E-state index in [0.29, 0.717) is 0 Å². The van der Waals surface area contributed by atoms with Crippen LogP contribution in [0.5, 0.6) is 0 Å². The molecule has 10 rings (SSSR count). The lowest BCUT2D eigenvalue weighted by atomic mass is 9.33. The minimum atomic E-state index is -0.0253. The molecule has 7 aromatic rings. The van der Waals surface area contributed by atoms with Crippen molar-refractivity contribution < 1.29 is 0 Å². The summed E-state index contributed by atoms with van der Waals surface area (Å²) in [6, 6.07) is 45.1. The van der Waals surface area contributed by atoms with Crippen molar-refractivity contribution in [3.63, 3.8) is 0 Å². The fourth-order valence-corrected chi connectivity index (χ4v) is 11.9. The van der Waals surface area contributed by atoms with Crippen LogP contribution in [0.15, 0.2) is 115 Å². The third-order valence-electron chi connectivity index (χ3n) is 14.1. The fraction of sp³-hybridized carbons (Fsp3) is 0.321. The first-order valence-corrected chi connectivity index (χ1v) is 22.9. The second-order valence-corrected chi connectivity index (χ2v) is 22.5. The Kier molecular flexibility index (Phi) is 8.62. The van der Waals surface area contributed by atoms with E-state index in [1.807, 2.05) is 11.3 Å². The van der Waals surface area contributed by atoms with E-state index in [-0.39, 0.29) is 28.4 Å². The molecule has 2 aliphatic heterocycles. The van der Waals surface area contributed by atoms with Gasteiger partial charge in [0, 0.05) is 33.0 Å². The van der Waals surface area contributed by atoms with Gasteiger partial charge in [0.15, 0.2) is 0 Å². The molecule has 0 saturated carbocycles. The molecule has 0 fully saturated rings. The Morgan fingerprint density at radius 2 is 1.23 bits per heavy atom. The molecule has 3 aliphatic rings. The molecular formula is C56H59BN2S. The smallest absolute Gasteiger partial charge is 0.254 e. The molecule has 4 heteroatoms. The highest BCUT2D eigenvalue weighted by Crippen LogP contribution is 2.55. The van der Waals surface area contributed by atoms with Gasteiger partial charge in [-0.25, -0.2) is 0 Å². The average Bonchev–Trinajstić information content (AvgIpc) is 3.56. The van der Waals surface area contributed by atoms with E-state index in [1.165, 1.54) is 111 Å². The van der Waals surface area contributed by atoms with Crippen molar-refractivity contribution in [2.24, 2.45) is 0 Å². The molecule has 0 unspecified atom stereocenters. The number of thiophene rings is 1. The molecule has 0 saturated heterocycles. The molecule has 60 heavy (non-hydrogen) atoms. The van der Waals surface area contributed by atoms with Crippen LogP contribution in [-0.2, 0) is 21.7 Å². The van der Waals surface area contributed by atoms with Crippen LogP contribution in [0.25, 0.3) is 21.2 Å². The Bertz CT molecular complexity index is 2860. The number of hydrogen-bond donors (Lipinski definition) is 0. The van der Waals surface area contributed by atoms with Crippen LogP contribution in [0.4, 0.5) is 33.4 Å². The summed E-state index contributed by atoms with van der Waals surface area (Å²) in [5.41, 5.74) is 21.6. The van der Waals surface area contributed by atoms with Crippen molar-refractivity contribution >= 4 is 78.0 Å². The van der Waals surface area contributed by atoms with Gasteiger partial charge in [-0.15, -0.1) is 11.3 Å². The summed E-state index contributed by atoms with van der Waals surface area (Å²) in [6.45, 7) is 28.5. The normalized spacial score (nSPS) is 16.4. The third kappa shape index (κ3) is 5.95. The van der Waals surface area contributed by atoms with Gasteiger partial charge in [0.2, 0.25) is 0 Å². The van der Waals surface area contributed by atoms with Gasteiger partial charge < -0.3 is 9.80 Å². The lowest BCUT2D eigenvalue weighted by Crippen LogP contribution is -2.61.